The van der Waals surface area contributed by atoms with Crippen LogP contribution in [-0.2, 0) is 0 Å². The van der Waals surface area contributed by atoms with E-state index in [4.69, 9.17) is 0 Å². The van der Waals surface area contributed by atoms with Crippen molar-refractivity contribution in [3.8, 4) is 0 Å². The van der Waals surface area contributed by atoms with Crippen LogP contribution in [0.15, 0.2) is 10.6 Å². The van der Waals surface area contributed by atoms with E-state index in [9.17, 15) is 0 Å². The molecule has 0 radical (unpaired) electrons. The first kappa shape index (κ1) is 12.8. The molecule has 0 fully saturated rings. The lowest BCUT2D eigenvalue weighted by molar-refractivity contribution is 0.569. The minimum absolute atomic E-state index is 0.557. The predicted molar refractivity (Wildman–Crippen MR) is 71.3 cm³/mol. The van der Waals surface area contributed by atoms with Gasteiger partial charge in [0.1, 0.15) is 0 Å². The molecule has 0 saturated heterocycles. The van der Waals surface area contributed by atoms with Crippen LogP contribution in [0.3, 0.4) is 0 Å². The predicted octanol–water partition coefficient (Wildman–Crippen LogP) is 5.55. The summed E-state index contributed by atoms with van der Waals surface area (Å²) in [5.41, 5.74) is 0. The van der Waals surface area contributed by atoms with E-state index in [1.54, 1.807) is 0 Å². The van der Waals surface area contributed by atoms with E-state index in [1.807, 2.05) is 0 Å². The van der Waals surface area contributed by atoms with Crippen molar-refractivity contribution in [3.05, 3.63) is 10.6 Å². The molecule has 2 heteroatoms. The lowest BCUT2D eigenvalue weighted by Gasteiger charge is -2.10. The molecule has 0 amide bonds. The Morgan fingerprint density at radius 1 is 0.929 bits per heavy atom. The van der Waals surface area contributed by atoms with Crippen LogP contribution in [0.1, 0.15) is 57.8 Å². The Morgan fingerprint density at radius 2 is 1.50 bits per heavy atom. The Hall–Kier alpha value is 0.700. The molecule has 0 aromatic carbocycles. The fraction of sp³-hybridized carbons (Fsp3) is 0.833. The number of hydrogen-bond acceptors (Lipinski definition) is 0. The first-order valence-electron chi connectivity index (χ1n) is 5.80. The summed E-state index contributed by atoms with van der Waals surface area (Å²) < 4.78 is 1.36. The van der Waals surface area contributed by atoms with Gasteiger partial charge in [-0.25, -0.2) is 0 Å². The third-order valence-corrected chi connectivity index (χ3v) is 5.24. The third kappa shape index (κ3) is 5.55. The SMILES string of the molecule is Br/C1=C/CCCCCCCCCC1Br. The first-order valence-corrected chi connectivity index (χ1v) is 7.51. The molecule has 0 saturated carbocycles. The zero-order chi connectivity index (χ0) is 10.2. The van der Waals surface area contributed by atoms with Crippen LogP contribution in [0, 0.1) is 0 Å². The largest absolute Gasteiger partial charge is 0.0833 e. The fourth-order valence-electron chi connectivity index (χ4n) is 1.86. The molecule has 82 valence electrons. The summed E-state index contributed by atoms with van der Waals surface area (Å²) in [4.78, 5) is 0.557. The fourth-order valence-corrected chi connectivity index (χ4v) is 2.83. The number of halogens is 2. The monoisotopic (exact) mass is 322 g/mol. The second-order valence-corrected chi connectivity index (χ2v) is 6.13. The molecular formula is C12H20Br2. The van der Waals surface area contributed by atoms with Gasteiger partial charge in [0.05, 0.1) is 0 Å². The van der Waals surface area contributed by atoms with E-state index >= 15 is 0 Å². The van der Waals surface area contributed by atoms with Gasteiger partial charge >= 0.3 is 0 Å². The standard InChI is InChI=1S/C12H20Br2/c13-11-9-7-5-3-1-2-4-6-8-10-12(11)14/h9,12H,1-8,10H2/b11-9+. The Kier molecular flexibility index (Phi) is 7.23. The summed E-state index contributed by atoms with van der Waals surface area (Å²) >= 11 is 7.39. The molecule has 0 spiro atoms. The van der Waals surface area contributed by atoms with E-state index in [0.29, 0.717) is 4.83 Å². The quantitative estimate of drug-likeness (QED) is 0.512. The molecule has 0 nitrogen and oxygen atoms in total. The van der Waals surface area contributed by atoms with Crippen LogP contribution in [0.2, 0.25) is 0 Å². The van der Waals surface area contributed by atoms with Crippen molar-refractivity contribution in [1.82, 2.24) is 0 Å². The smallest absolute Gasteiger partial charge is 0.0458 e. The normalized spacial score (nSPS) is 31.0. The summed E-state index contributed by atoms with van der Waals surface area (Å²) in [6.07, 6.45) is 14.7. The summed E-state index contributed by atoms with van der Waals surface area (Å²) in [6, 6.07) is 0. The Balaban J connectivity index is 2.36. The molecule has 14 heavy (non-hydrogen) atoms. The molecule has 0 bridgehead atoms. The van der Waals surface area contributed by atoms with Gasteiger partial charge in [-0.2, -0.15) is 0 Å². The van der Waals surface area contributed by atoms with Crippen LogP contribution in [0.5, 0.6) is 0 Å². The maximum absolute atomic E-state index is 3.73. The molecule has 1 rings (SSSR count). The van der Waals surface area contributed by atoms with Gasteiger partial charge in [0.15, 0.2) is 0 Å². The Morgan fingerprint density at radius 3 is 2.21 bits per heavy atom. The summed E-state index contributed by atoms with van der Waals surface area (Å²) in [5, 5.41) is 0. The Bertz CT molecular complexity index is 175. The maximum Gasteiger partial charge on any atom is 0.0458 e. The van der Waals surface area contributed by atoms with Crippen molar-refractivity contribution in [2.75, 3.05) is 0 Å². The van der Waals surface area contributed by atoms with Crippen LogP contribution in [0.4, 0.5) is 0 Å². The molecular weight excluding hydrogens is 304 g/mol. The lowest BCUT2D eigenvalue weighted by atomic mass is 10.0. The molecule has 0 aromatic heterocycles. The van der Waals surface area contributed by atoms with E-state index < -0.39 is 0 Å². The highest BCUT2D eigenvalue weighted by molar-refractivity contribution is 9.14. The zero-order valence-corrected chi connectivity index (χ0v) is 11.9. The van der Waals surface area contributed by atoms with E-state index in [0.717, 1.165) is 0 Å². The number of hydrogen-bond donors (Lipinski definition) is 0. The van der Waals surface area contributed by atoms with Gasteiger partial charge in [0.25, 0.3) is 0 Å². The minimum atomic E-state index is 0.557. The maximum atomic E-state index is 3.73. The number of allylic oxidation sites excluding steroid dienone is 2. The highest BCUT2D eigenvalue weighted by Gasteiger charge is 2.07. The van der Waals surface area contributed by atoms with E-state index in [2.05, 4.69) is 37.9 Å². The first-order chi connectivity index (χ1) is 6.80. The van der Waals surface area contributed by atoms with Gasteiger partial charge in [0, 0.05) is 9.31 Å². The second kappa shape index (κ2) is 7.92. The van der Waals surface area contributed by atoms with Crippen molar-refractivity contribution in [2.24, 2.45) is 0 Å². The molecule has 1 aliphatic rings. The molecule has 0 heterocycles. The topological polar surface area (TPSA) is 0 Å². The average molecular weight is 324 g/mol. The van der Waals surface area contributed by atoms with Crippen LogP contribution in [-0.4, -0.2) is 4.83 Å². The van der Waals surface area contributed by atoms with Gasteiger partial charge in [0.2, 0.25) is 0 Å². The third-order valence-electron chi connectivity index (χ3n) is 2.80. The summed E-state index contributed by atoms with van der Waals surface area (Å²) in [5.74, 6) is 0. The van der Waals surface area contributed by atoms with Crippen LogP contribution >= 0.6 is 31.9 Å². The minimum Gasteiger partial charge on any atom is -0.0833 e. The average Bonchev–Trinajstić information content (AvgIpc) is 2.18. The lowest BCUT2D eigenvalue weighted by Crippen LogP contribution is -1.98. The molecule has 1 atom stereocenters. The zero-order valence-electron chi connectivity index (χ0n) is 8.77. The highest BCUT2D eigenvalue weighted by Crippen LogP contribution is 2.26. The van der Waals surface area contributed by atoms with Crippen LogP contribution < -0.4 is 0 Å². The number of alkyl halides is 1. The Labute approximate surface area is 105 Å². The van der Waals surface area contributed by atoms with Crippen molar-refractivity contribution >= 4 is 31.9 Å². The number of rotatable bonds is 0. The van der Waals surface area contributed by atoms with Gasteiger partial charge in [-0.05, 0) is 19.3 Å². The molecule has 1 unspecified atom stereocenters. The van der Waals surface area contributed by atoms with Gasteiger partial charge in [-0.3, -0.25) is 0 Å². The van der Waals surface area contributed by atoms with Gasteiger partial charge in [-0.15, -0.1) is 0 Å². The molecule has 1 aliphatic carbocycles. The van der Waals surface area contributed by atoms with Crippen LogP contribution in [0.25, 0.3) is 0 Å². The molecule has 0 aromatic rings. The van der Waals surface area contributed by atoms with Gasteiger partial charge < -0.3 is 0 Å². The van der Waals surface area contributed by atoms with Gasteiger partial charge in [-0.1, -0.05) is 76.5 Å². The van der Waals surface area contributed by atoms with Crippen molar-refractivity contribution in [3.63, 3.8) is 0 Å². The van der Waals surface area contributed by atoms with Crippen molar-refractivity contribution < 1.29 is 0 Å². The summed E-state index contributed by atoms with van der Waals surface area (Å²) in [7, 11) is 0. The molecule has 0 aliphatic heterocycles. The highest BCUT2D eigenvalue weighted by atomic mass is 79.9. The molecule has 0 N–H and O–H groups in total. The van der Waals surface area contributed by atoms with E-state index in [1.165, 1.54) is 62.3 Å². The van der Waals surface area contributed by atoms with E-state index in [-0.39, 0.29) is 0 Å². The van der Waals surface area contributed by atoms with Crippen molar-refractivity contribution in [1.29, 1.82) is 0 Å². The second-order valence-electron chi connectivity index (χ2n) is 4.11. The summed E-state index contributed by atoms with van der Waals surface area (Å²) in [6.45, 7) is 0. The van der Waals surface area contributed by atoms with Crippen molar-refractivity contribution in [2.45, 2.75) is 62.6 Å².